The monoisotopic (exact) mass is 440 g/mol. The van der Waals surface area contributed by atoms with E-state index < -0.39 is 5.54 Å². The van der Waals surface area contributed by atoms with Gasteiger partial charge in [0.15, 0.2) is 0 Å². The van der Waals surface area contributed by atoms with Crippen LogP contribution in [0.25, 0.3) is 0 Å². The number of amides is 3. The second-order valence-electron chi connectivity index (χ2n) is 8.98. The molecule has 0 aliphatic carbocycles. The molecule has 6 rings (SSSR count). The molecule has 2 saturated heterocycles. The second-order valence-corrected chi connectivity index (χ2v) is 8.98. The third-order valence-electron chi connectivity index (χ3n) is 7.41. The van der Waals surface area contributed by atoms with E-state index in [4.69, 9.17) is 9.47 Å². The summed E-state index contributed by atoms with van der Waals surface area (Å²) in [5.41, 5.74) is 1.51. The number of hydrogen-bond donors (Lipinski definition) is 0. The van der Waals surface area contributed by atoms with Gasteiger partial charge in [-0.1, -0.05) is 48.5 Å². The summed E-state index contributed by atoms with van der Waals surface area (Å²) in [4.78, 5) is 31.2. The number of rotatable bonds is 3. The highest BCUT2D eigenvalue weighted by molar-refractivity contribution is 6.24. The molecule has 0 aromatic heterocycles. The van der Waals surface area contributed by atoms with Gasteiger partial charge in [-0.15, -0.1) is 0 Å². The van der Waals surface area contributed by atoms with Gasteiger partial charge in [0.25, 0.3) is 5.91 Å². The van der Waals surface area contributed by atoms with Crippen LogP contribution in [0.5, 0.6) is 11.5 Å². The Morgan fingerprint density at radius 2 is 1.64 bits per heavy atom. The number of para-hydroxylation sites is 1. The zero-order valence-electron chi connectivity index (χ0n) is 18.5. The van der Waals surface area contributed by atoms with E-state index in [2.05, 4.69) is 0 Å². The van der Waals surface area contributed by atoms with Crippen molar-refractivity contribution in [3.8, 4) is 11.5 Å². The molecule has 3 aliphatic heterocycles. The van der Waals surface area contributed by atoms with Crippen molar-refractivity contribution in [2.75, 3.05) is 18.6 Å². The molecule has 3 aromatic carbocycles. The van der Waals surface area contributed by atoms with E-state index in [0.29, 0.717) is 18.0 Å². The maximum Gasteiger partial charge on any atom is 0.332 e. The van der Waals surface area contributed by atoms with Crippen molar-refractivity contribution in [2.45, 2.75) is 24.4 Å². The molecule has 3 aromatic rings. The lowest BCUT2D eigenvalue weighted by atomic mass is 9.73. The predicted octanol–water partition coefficient (Wildman–Crippen LogP) is 4.77. The number of carbonyl (C=O) groups is 2. The molecule has 0 radical (unpaired) electrons. The van der Waals surface area contributed by atoms with Crippen molar-refractivity contribution in [3.63, 3.8) is 0 Å². The van der Waals surface area contributed by atoms with Gasteiger partial charge >= 0.3 is 6.03 Å². The van der Waals surface area contributed by atoms with E-state index in [1.165, 1.54) is 4.90 Å². The Morgan fingerprint density at radius 3 is 2.36 bits per heavy atom. The molecule has 0 bridgehead atoms. The molecule has 0 saturated carbocycles. The third-order valence-corrected chi connectivity index (χ3v) is 7.41. The van der Waals surface area contributed by atoms with Crippen LogP contribution in [0.4, 0.5) is 10.5 Å². The van der Waals surface area contributed by atoms with Gasteiger partial charge in [-0.2, -0.15) is 0 Å². The fraction of sp³-hybridized carbons (Fsp3) is 0.259. The molecule has 0 unspecified atom stereocenters. The van der Waals surface area contributed by atoms with Gasteiger partial charge in [-0.3, -0.25) is 4.79 Å². The molecular formula is C27H24N2O4. The first kappa shape index (κ1) is 19.9. The van der Waals surface area contributed by atoms with Crippen LogP contribution in [0.1, 0.15) is 30.0 Å². The molecule has 0 N–H and O–H groups in total. The van der Waals surface area contributed by atoms with E-state index in [0.717, 1.165) is 16.9 Å². The van der Waals surface area contributed by atoms with Gasteiger partial charge in [0.1, 0.15) is 17.0 Å². The molecular weight excluding hydrogens is 416 g/mol. The summed E-state index contributed by atoms with van der Waals surface area (Å²) in [6.07, 6.45) is 0. The summed E-state index contributed by atoms with van der Waals surface area (Å²) < 4.78 is 11.4. The van der Waals surface area contributed by atoms with Crippen LogP contribution in [0.3, 0.4) is 0 Å². The number of fused-ring (bicyclic) bond motifs is 5. The Labute approximate surface area is 192 Å². The average molecular weight is 440 g/mol. The number of urea groups is 1. The van der Waals surface area contributed by atoms with Crippen molar-refractivity contribution < 1.29 is 19.1 Å². The van der Waals surface area contributed by atoms with Crippen molar-refractivity contribution in [3.05, 3.63) is 90.0 Å². The highest BCUT2D eigenvalue weighted by Crippen LogP contribution is 2.61. The fourth-order valence-electron chi connectivity index (χ4n) is 5.99. The van der Waals surface area contributed by atoms with Crippen molar-refractivity contribution in [1.82, 2.24) is 4.90 Å². The van der Waals surface area contributed by atoms with E-state index in [1.807, 2.05) is 66.4 Å². The normalized spacial score (nSPS) is 27.6. The smallest absolute Gasteiger partial charge is 0.332 e. The molecule has 0 spiro atoms. The van der Waals surface area contributed by atoms with Crippen LogP contribution in [-0.4, -0.2) is 36.1 Å². The van der Waals surface area contributed by atoms with Crippen LogP contribution in [0.2, 0.25) is 0 Å². The summed E-state index contributed by atoms with van der Waals surface area (Å²) in [6, 6.07) is 24.4. The van der Waals surface area contributed by atoms with Crippen LogP contribution >= 0.6 is 0 Å². The number of anilines is 1. The first-order valence-electron chi connectivity index (χ1n) is 11.1. The van der Waals surface area contributed by atoms with Gasteiger partial charge in [0, 0.05) is 17.4 Å². The molecule has 6 nitrogen and oxygen atoms in total. The SMILES string of the molecule is COc1ccc(N2C(=O)N3[C@@H]4c5ccccc5OC[C@@H]4[C@@H](c4ccccc4)[C@@]3(C)C2=O)cc1. The molecule has 4 atom stereocenters. The van der Waals surface area contributed by atoms with E-state index >= 15 is 0 Å². The molecule has 3 aliphatic rings. The zero-order chi connectivity index (χ0) is 22.7. The van der Waals surface area contributed by atoms with Crippen LogP contribution in [0.15, 0.2) is 78.9 Å². The van der Waals surface area contributed by atoms with E-state index in [1.54, 1.807) is 31.4 Å². The first-order chi connectivity index (χ1) is 16.1. The Morgan fingerprint density at radius 1 is 0.939 bits per heavy atom. The quantitative estimate of drug-likeness (QED) is 0.551. The molecule has 33 heavy (non-hydrogen) atoms. The summed E-state index contributed by atoms with van der Waals surface area (Å²) in [6.45, 7) is 2.37. The summed E-state index contributed by atoms with van der Waals surface area (Å²) >= 11 is 0. The zero-order valence-corrected chi connectivity index (χ0v) is 18.5. The fourth-order valence-corrected chi connectivity index (χ4v) is 5.99. The van der Waals surface area contributed by atoms with Gasteiger partial charge < -0.3 is 14.4 Å². The molecule has 3 heterocycles. The van der Waals surface area contributed by atoms with Crippen LogP contribution < -0.4 is 14.4 Å². The van der Waals surface area contributed by atoms with Gasteiger partial charge in [0.05, 0.1) is 25.4 Å². The number of carbonyl (C=O) groups excluding carboxylic acids is 2. The van der Waals surface area contributed by atoms with Crippen LogP contribution in [0, 0.1) is 5.92 Å². The Balaban J connectivity index is 1.53. The highest BCUT2D eigenvalue weighted by Gasteiger charge is 2.70. The lowest BCUT2D eigenvalue weighted by Crippen LogP contribution is -2.46. The molecule has 3 amide bonds. The number of imide groups is 1. The van der Waals surface area contributed by atoms with Crippen molar-refractivity contribution in [2.24, 2.45) is 5.92 Å². The largest absolute Gasteiger partial charge is 0.497 e. The minimum atomic E-state index is -1.03. The summed E-state index contributed by atoms with van der Waals surface area (Å²) in [5.74, 6) is 1.01. The number of methoxy groups -OCH3 is 1. The number of ether oxygens (including phenoxy) is 2. The second kappa shape index (κ2) is 7.10. The van der Waals surface area contributed by atoms with Crippen LogP contribution in [-0.2, 0) is 4.79 Å². The minimum Gasteiger partial charge on any atom is -0.497 e. The molecule has 2 fully saturated rings. The number of hydrogen-bond acceptors (Lipinski definition) is 4. The number of benzene rings is 3. The average Bonchev–Trinajstić information content (AvgIpc) is 3.24. The van der Waals surface area contributed by atoms with Crippen molar-refractivity contribution in [1.29, 1.82) is 0 Å². The van der Waals surface area contributed by atoms with Crippen molar-refractivity contribution >= 4 is 17.6 Å². The molecule has 6 heteroatoms. The Bertz CT molecular complexity index is 1240. The topological polar surface area (TPSA) is 59.1 Å². The summed E-state index contributed by atoms with van der Waals surface area (Å²) in [7, 11) is 1.59. The maximum atomic E-state index is 14.1. The van der Waals surface area contributed by atoms with E-state index in [-0.39, 0.29) is 29.8 Å². The third kappa shape index (κ3) is 2.61. The number of nitrogens with zero attached hydrogens (tertiary/aromatic N) is 2. The standard InChI is InChI=1S/C27H24N2O4/c1-27-23(17-8-4-3-5-9-17)21-16-33-22-11-7-6-10-20(22)24(21)29(27)26(31)28(25(27)30)18-12-14-19(32-2)15-13-18/h3-15,21,23-24H,16H2,1-2H3/t21-,23-,24-,27+/m1/s1. The minimum absolute atomic E-state index is 0.0294. The van der Waals surface area contributed by atoms with E-state index in [9.17, 15) is 9.59 Å². The predicted molar refractivity (Wildman–Crippen MR) is 123 cm³/mol. The van der Waals surface area contributed by atoms with Gasteiger partial charge in [-0.05, 0) is 42.8 Å². The van der Waals surface area contributed by atoms with Gasteiger partial charge in [0.2, 0.25) is 0 Å². The summed E-state index contributed by atoms with van der Waals surface area (Å²) in [5, 5.41) is 0. The van der Waals surface area contributed by atoms with Gasteiger partial charge in [-0.25, -0.2) is 9.69 Å². The highest BCUT2D eigenvalue weighted by atomic mass is 16.5. The lowest BCUT2D eigenvalue weighted by Gasteiger charge is -2.34. The first-order valence-corrected chi connectivity index (χ1v) is 11.1. The Kier molecular flexibility index (Phi) is 4.27. The Hall–Kier alpha value is -3.80. The molecule has 166 valence electrons. The maximum absolute atomic E-state index is 14.1. The lowest BCUT2D eigenvalue weighted by molar-refractivity contribution is -0.124.